The highest BCUT2D eigenvalue weighted by molar-refractivity contribution is 5.97. The van der Waals surface area contributed by atoms with E-state index in [0.29, 0.717) is 17.0 Å². The molecule has 11 heteroatoms. The number of ether oxygens (including phenoxy) is 1. The maximum absolute atomic E-state index is 14.4. The lowest BCUT2D eigenvalue weighted by molar-refractivity contribution is 0.0523. The Bertz CT molecular complexity index is 1840. The van der Waals surface area contributed by atoms with Crippen LogP contribution in [-0.4, -0.2) is 32.4 Å². The molecule has 0 aliphatic heterocycles. The van der Waals surface area contributed by atoms with Crippen LogP contribution in [0.15, 0.2) is 75.2 Å². The number of pyridine rings is 2. The molecule has 0 bridgehead atoms. The second-order valence-corrected chi connectivity index (χ2v) is 8.32. The predicted molar refractivity (Wildman–Crippen MR) is 132 cm³/mol. The van der Waals surface area contributed by atoms with Gasteiger partial charge in [-0.05, 0) is 55.8 Å². The summed E-state index contributed by atoms with van der Waals surface area (Å²) in [5.74, 6) is -4.02. The molecule has 1 amide bonds. The predicted octanol–water partition coefficient (Wildman–Crippen LogP) is 3.79. The van der Waals surface area contributed by atoms with Crippen molar-refractivity contribution in [2.75, 3.05) is 6.61 Å². The smallest absolute Gasteiger partial charge is 0.341 e. The molecule has 0 aliphatic carbocycles. The molecule has 0 atom stereocenters. The van der Waals surface area contributed by atoms with E-state index in [1.807, 2.05) is 0 Å². The first-order valence-electron chi connectivity index (χ1n) is 11.6. The molecule has 0 radical (unpaired) electrons. The lowest BCUT2D eigenvalue weighted by Gasteiger charge is -2.15. The summed E-state index contributed by atoms with van der Waals surface area (Å²) in [6, 6.07) is 10.9. The number of aryl methyl sites for hydroxylation is 1. The monoisotopic (exact) mass is 518 g/mol. The van der Waals surface area contributed by atoms with Crippen molar-refractivity contribution in [1.29, 1.82) is 0 Å². The molecular formula is C27H20F2N4O5. The van der Waals surface area contributed by atoms with Crippen LogP contribution >= 0.6 is 0 Å². The summed E-state index contributed by atoms with van der Waals surface area (Å²) in [4.78, 5) is 48.3. The van der Waals surface area contributed by atoms with E-state index >= 15 is 0 Å². The van der Waals surface area contributed by atoms with Gasteiger partial charge in [0.25, 0.3) is 11.5 Å². The summed E-state index contributed by atoms with van der Waals surface area (Å²) in [6.07, 6.45) is 2.96. The third-order valence-electron chi connectivity index (χ3n) is 5.88. The van der Waals surface area contributed by atoms with Crippen LogP contribution in [0.4, 0.5) is 8.78 Å². The molecule has 9 nitrogen and oxygen atoms in total. The van der Waals surface area contributed by atoms with Crippen LogP contribution in [0.2, 0.25) is 0 Å². The van der Waals surface area contributed by atoms with Gasteiger partial charge in [0.2, 0.25) is 0 Å². The third kappa shape index (κ3) is 4.27. The number of rotatable bonds is 5. The van der Waals surface area contributed by atoms with E-state index in [2.05, 4.69) is 9.98 Å². The highest BCUT2D eigenvalue weighted by Gasteiger charge is 2.23. The number of amides is 1. The molecule has 0 N–H and O–H groups in total. The van der Waals surface area contributed by atoms with E-state index in [1.54, 1.807) is 44.3 Å². The standard InChI is InChI=1S/C27H20F2N4O5/c1-3-37-27(36)18-13-17-23(30-22-15(2)7-5-11-32(22)26(17)35)33(14-16-8-6-12-38-16)24(18)31-25(34)21-19(28)9-4-10-20(21)29/h4-13H,3,14H2,1-2H3. The lowest BCUT2D eigenvalue weighted by atomic mass is 10.1. The highest BCUT2D eigenvalue weighted by Crippen LogP contribution is 2.17. The molecular weight excluding hydrogens is 498 g/mol. The molecule has 5 rings (SSSR count). The first-order chi connectivity index (χ1) is 18.3. The van der Waals surface area contributed by atoms with Crippen LogP contribution in [0.1, 0.15) is 39.0 Å². The number of nitrogens with zero attached hydrogens (tertiary/aromatic N) is 4. The van der Waals surface area contributed by atoms with Crippen molar-refractivity contribution in [1.82, 2.24) is 14.0 Å². The van der Waals surface area contributed by atoms with Gasteiger partial charge in [0.05, 0.1) is 24.8 Å². The minimum Gasteiger partial charge on any atom is -0.467 e. The molecule has 192 valence electrons. The van der Waals surface area contributed by atoms with Gasteiger partial charge in [0, 0.05) is 6.20 Å². The molecule has 5 aromatic rings. The summed E-state index contributed by atoms with van der Waals surface area (Å²) in [5, 5.41) is 0.0335. The fraction of sp³-hybridized carbons (Fsp3) is 0.148. The molecule has 0 spiro atoms. The molecule has 1 aromatic carbocycles. The molecule has 0 aliphatic rings. The Morgan fingerprint density at radius 3 is 2.53 bits per heavy atom. The molecule has 4 heterocycles. The number of carbonyl (C=O) groups excluding carboxylic acids is 2. The van der Waals surface area contributed by atoms with E-state index in [-0.39, 0.29) is 35.2 Å². The second-order valence-electron chi connectivity index (χ2n) is 8.32. The van der Waals surface area contributed by atoms with Crippen LogP contribution < -0.4 is 11.0 Å². The lowest BCUT2D eigenvalue weighted by Crippen LogP contribution is -2.33. The van der Waals surface area contributed by atoms with Gasteiger partial charge in [-0.1, -0.05) is 12.1 Å². The zero-order valence-corrected chi connectivity index (χ0v) is 20.3. The Morgan fingerprint density at radius 1 is 1.08 bits per heavy atom. The third-order valence-corrected chi connectivity index (χ3v) is 5.88. The van der Waals surface area contributed by atoms with Crippen LogP contribution in [0.5, 0.6) is 0 Å². The quantitative estimate of drug-likeness (QED) is 0.259. The number of benzene rings is 1. The normalized spacial score (nSPS) is 11.8. The Morgan fingerprint density at radius 2 is 1.84 bits per heavy atom. The van der Waals surface area contributed by atoms with E-state index in [0.717, 1.165) is 18.2 Å². The van der Waals surface area contributed by atoms with Crippen molar-refractivity contribution in [3.05, 3.63) is 111 Å². The Labute approximate surface area is 213 Å². The fourth-order valence-electron chi connectivity index (χ4n) is 4.13. The summed E-state index contributed by atoms with van der Waals surface area (Å²) >= 11 is 0. The SMILES string of the molecule is CCOC(=O)c1cc2c(=O)n3cccc(C)c3nc2n(Cc2ccco2)c1=NC(=O)c1c(F)cccc1F. The maximum Gasteiger partial charge on any atom is 0.341 e. The van der Waals surface area contributed by atoms with Crippen molar-refractivity contribution in [2.45, 2.75) is 20.4 Å². The average Bonchev–Trinajstić information content (AvgIpc) is 3.39. The number of furan rings is 1. The number of carbonyl (C=O) groups is 2. The fourth-order valence-corrected chi connectivity index (χ4v) is 4.13. The van der Waals surface area contributed by atoms with Gasteiger partial charge in [-0.25, -0.2) is 18.6 Å². The molecule has 0 saturated heterocycles. The molecule has 0 saturated carbocycles. The summed E-state index contributed by atoms with van der Waals surface area (Å²) < 4.78 is 42.1. The van der Waals surface area contributed by atoms with Crippen LogP contribution in [0.3, 0.4) is 0 Å². The second kappa shape index (κ2) is 9.85. The first kappa shape index (κ1) is 24.8. The van der Waals surface area contributed by atoms with Gasteiger partial charge < -0.3 is 13.7 Å². The Kier molecular flexibility index (Phi) is 6.41. The number of hydrogen-bond donors (Lipinski definition) is 0. The van der Waals surface area contributed by atoms with Crippen LogP contribution in [0, 0.1) is 18.6 Å². The average molecular weight is 518 g/mol. The Balaban J connectivity index is 1.94. The van der Waals surface area contributed by atoms with Crippen LogP contribution in [0.25, 0.3) is 16.7 Å². The van der Waals surface area contributed by atoms with Crippen molar-refractivity contribution in [3.63, 3.8) is 0 Å². The number of aromatic nitrogens is 3. The van der Waals surface area contributed by atoms with Gasteiger partial charge in [-0.2, -0.15) is 4.99 Å². The molecule has 0 unspecified atom stereocenters. The van der Waals surface area contributed by atoms with Crippen molar-refractivity contribution in [3.8, 4) is 0 Å². The van der Waals surface area contributed by atoms with Gasteiger partial charge in [0.1, 0.15) is 39.8 Å². The summed E-state index contributed by atoms with van der Waals surface area (Å²) in [5.41, 5.74) is -0.838. The largest absolute Gasteiger partial charge is 0.467 e. The number of fused-ring (bicyclic) bond motifs is 2. The van der Waals surface area contributed by atoms with Crippen molar-refractivity contribution >= 4 is 28.6 Å². The Hall–Kier alpha value is -4.93. The number of hydrogen-bond acceptors (Lipinski definition) is 6. The van der Waals surface area contributed by atoms with E-state index in [9.17, 15) is 23.2 Å². The first-order valence-corrected chi connectivity index (χ1v) is 11.6. The van der Waals surface area contributed by atoms with Gasteiger partial charge in [0.15, 0.2) is 5.49 Å². The van der Waals surface area contributed by atoms with E-state index in [4.69, 9.17) is 9.15 Å². The highest BCUT2D eigenvalue weighted by atomic mass is 19.1. The zero-order chi connectivity index (χ0) is 27.0. The maximum atomic E-state index is 14.4. The van der Waals surface area contributed by atoms with Crippen molar-refractivity contribution in [2.24, 2.45) is 4.99 Å². The zero-order valence-electron chi connectivity index (χ0n) is 20.3. The minimum absolute atomic E-state index is 0.0153. The van der Waals surface area contributed by atoms with Crippen molar-refractivity contribution < 1.29 is 27.5 Å². The van der Waals surface area contributed by atoms with E-state index < -0.39 is 34.6 Å². The molecule has 4 aromatic heterocycles. The number of esters is 1. The van der Waals surface area contributed by atoms with E-state index in [1.165, 1.54) is 21.3 Å². The topological polar surface area (TPSA) is 108 Å². The van der Waals surface area contributed by atoms with Gasteiger partial charge >= 0.3 is 5.97 Å². The minimum atomic E-state index is -1.27. The summed E-state index contributed by atoms with van der Waals surface area (Å²) in [7, 11) is 0. The van der Waals surface area contributed by atoms with Gasteiger partial charge in [-0.15, -0.1) is 0 Å². The molecule has 0 fully saturated rings. The summed E-state index contributed by atoms with van der Waals surface area (Å²) in [6.45, 7) is 3.22. The van der Waals surface area contributed by atoms with Crippen LogP contribution in [-0.2, 0) is 11.3 Å². The molecule has 38 heavy (non-hydrogen) atoms. The number of halogens is 2. The van der Waals surface area contributed by atoms with Gasteiger partial charge in [-0.3, -0.25) is 14.0 Å².